The summed E-state index contributed by atoms with van der Waals surface area (Å²) in [7, 11) is 0. The van der Waals surface area contributed by atoms with Crippen LogP contribution in [0.15, 0.2) is 0 Å². The Morgan fingerprint density at radius 1 is 0.615 bits per heavy atom. The van der Waals surface area contributed by atoms with Crippen molar-refractivity contribution < 1.29 is 0 Å². The predicted octanol–water partition coefficient (Wildman–Crippen LogP) is 5.04. The molecular weight excluding hydrogens is 616 g/mol. The van der Waals surface area contributed by atoms with Gasteiger partial charge in [-0.1, -0.05) is 0 Å². The quantitative estimate of drug-likeness (QED) is 0.355. The zero-order chi connectivity index (χ0) is 9.46. The van der Waals surface area contributed by atoms with E-state index >= 15 is 0 Å². The van der Waals surface area contributed by atoms with Gasteiger partial charge in [0, 0.05) is 10.7 Å². The fourth-order valence-electron chi connectivity index (χ4n) is 1.13. The first-order valence-corrected chi connectivity index (χ1v) is 6.80. The monoisotopic (exact) mass is 626 g/mol. The molecule has 0 nitrogen and oxygen atoms in total. The van der Waals surface area contributed by atoms with Crippen molar-refractivity contribution in [2.24, 2.45) is 0 Å². The van der Waals surface area contributed by atoms with Crippen molar-refractivity contribution in [3.05, 3.63) is 27.4 Å². The normalized spacial score (nSPS) is 9.69. The summed E-state index contributed by atoms with van der Waals surface area (Å²) in [6.45, 7) is 6.58. The van der Waals surface area contributed by atoms with Crippen LogP contribution in [0.25, 0.3) is 0 Å². The molecule has 0 aromatic heterocycles. The first-order valence-electron chi connectivity index (χ1n) is 3.57. The Morgan fingerprint density at radius 3 is 0.923 bits per heavy atom. The molecule has 1 rings (SSSR count). The summed E-state index contributed by atoms with van der Waals surface area (Å²) in [5, 5.41) is 0. The van der Waals surface area contributed by atoms with Gasteiger partial charge in [-0.25, -0.2) is 0 Å². The summed E-state index contributed by atoms with van der Waals surface area (Å²) in [6.07, 6.45) is 0. The fraction of sp³-hybridized carbons (Fsp3) is 0.333. The average Bonchev–Trinajstić information content (AvgIpc) is 2.08. The Kier molecular flexibility index (Phi) is 7.01. The molecule has 0 bridgehead atoms. The summed E-state index contributed by atoms with van der Waals surface area (Å²) in [6, 6.07) is 0. The Labute approximate surface area is 137 Å². The van der Waals surface area contributed by atoms with Gasteiger partial charge in [0.25, 0.3) is 0 Å². The van der Waals surface area contributed by atoms with Crippen molar-refractivity contribution >= 4 is 91.7 Å². The highest BCUT2D eigenvalue weighted by molar-refractivity contribution is 14.1. The third-order valence-corrected chi connectivity index (χ3v) is 6.83. The third-order valence-electron chi connectivity index (χ3n) is 1.98. The van der Waals surface area contributed by atoms with Crippen LogP contribution in [0.4, 0.5) is 0 Å². The molecule has 4 heteroatoms. The highest BCUT2D eigenvalue weighted by Gasteiger charge is 2.11. The second-order valence-corrected chi connectivity index (χ2v) is 6.05. The Balaban J connectivity index is 0.00000144. The molecule has 0 saturated carbocycles. The van der Waals surface area contributed by atoms with Crippen molar-refractivity contribution in [1.29, 1.82) is 0 Å². The predicted molar refractivity (Wildman–Crippen MR) is 94.2 cm³/mol. The SMILES string of the molecule is Cc1c(I)c(C)c(I)c(C)c1I.I. The lowest BCUT2D eigenvalue weighted by molar-refractivity contribution is 1.23. The lowest BCUT2D eigenvalue weighted by atomic mass is 10.1. The highest BCUT2D eigenvalue weighted by Crippen LogP contribution is 2.29. The number of halogens is 4. The van der Waals surface area contributed by atoms with E-state index in [0.29, 0.717) is 0 Å². The van der Waals surface area contributed by atoms with Crippen LogP contribution in [0.1, 0.15) is 16.7 Å². The smallest absolute Gasteiger partial charge is 0.0210 e. The molecule has 0 unspecified atom stereocenters. The summed E-state index contributed by atoms with van der Waals surface area (Å²) >= 11 is 7.28. The minimum atomic E-state index is 0. The van der Waals surface area contributed by atoms with E-state index in [4.69, 9.17) is 0 Å². The van der Waals surface area contributed by atoms with Crippen molar-refractivity contribution in [1.82, 2.24) is 0 Å². The molecule has 13 heavy (non-hydrogen) atoms. The summed E-state index contributed by atoms with van der Waals surface area (Å²) in [5.74, 6) is 0. The van der Waals surface area contributed by atoms with E-state index in [1.165, 1.54) is 27.4 Å². The van der Waals surface area contributed by atoms with E-state index in [9.17, 15) is 0 Å². The molecule has 0 heterocycles. The molecule has 0 atom stereocenters. The van der Waals surface area contributed by atoms with Gasteiger partial charge < -0.3 is 0 Å². The van der Waals surface area contributed by atoms with Crippen LogP contribution in [0.2, 0.25) is 0 Å². The van der Waals surface area contributed by atoms with Crippen LogP contribution in [-0.4, -0.2) is 0 Å². The maximum Gasteiger partial charge on any atom is 0.0210 e. The highest BCUT2D eigenvalue weighted by atomic mass is 127. The topological polar surface area (TPSA) is 0 Å². The Hall–Kier alpha value is 2.14. The van der Waals surface area contributed by atoms with Gasteiger partial charge in [-0.2, -0.15) is 0 Å². The van der Waals surface area contributed by atoms with Gasteiger partial charge in [0.2, 0.25) is 0 Å². The zero-order valence-corrected chi connectivity index (χ0v) is 16.3. The maximum absolute atomic E-state index is 2.43. The molecule has 0 amide bonds. The Morgan fingerprint density at radius 2 is 0.769 bits per heavy atom. The van der Waals surface area contributed by atoms with Gasteiger partial charge in [-0.05, 0) is 105 Å². The second-order valence-electron chi connectivity index (χ2n) is 2.82. The molecule has 74 valence electrons. The van der Waals surface area contributed by atoms with Gasteiger partial charge in [0.15, 0.2) is 0 Å². The van der Waals surface area contributed by atoms with Crippen LogP contribution < -0.4 is 0 Å². The van der Waals surface area contributed by atoms with Crippen LogP contribution >= 0.6 is 91.7 Å². The van der Waals surface area contributed by atoms with E-state index in [1.807, 2.05) is 0 Å². The van der Waals surface area contributed by atoms with E-state index < -0.39 is 0 Å². The molecule has 0 saturated heterocycles. The zero-order valence-electron chi connectivity index (χ0n) is 7.54. The largest absolute Gasteiger partial charge is 0.107 e. The standard InChI is InChI=1S/C9H9I3.HI/c1-4-7(10)5(2)9(12)6(3)8(4)11;/h1-3H3;1H. The van der Waals surface area contributed by atoms with Gasteiger partial charge in [0.1, 0.15) is 0 Å². The molecule has 0 aliphatic heterocycles. The molecular formula is C9H10I4. The van der Waals surface area contributed by atoms with Crippen molar-refractivity contribution in [2.45, 2.75) is 20.8 Å². The molecule has 1 aromatic rings. The maximum atomic E-state index is 2.43. The van der Waals surface area contributed by atoms with Gasteiger partial charge >= 0.3 is 0 Å². The second kappa shape index (κ2) is 6.02. The molecule has 0 N–H and O–H groups in total. The van der Waals surface area contributed by atoms with Crippen LogP contribution in [-0.2, 0) is 0 Å². The Bertz CT molecular complexity index is 226. The molecule has 1 aromatic carbocycles. The van der Waals surface area contributed by atoms with E-state index in [1.54, 1.807) is 0 Å². The number of hydrogen-bond donors (Lipinski definition) is 0. The van der Waals surface area contributed by atoms with E-state index in [2.05, 4.69) is 88.5 Å². The molecule has 0 fully saturated rings. The van der Waals surface area contributed by atoms with Crippen molar-refractivity contribution in [2.75, 3.05) is 0 Å². The number of rotatable bonds is 0. The molecule has 0 aliphatic carbocycles. The van der Waals surface area contributed by atoms with E-state index in [0.717, 1.165) is 0 Å². The van der Waals surface area contributed by atoms with Gasteiger partial charge in [-0.15, -0.1) is 24.0 Å². The summed E-state index contributed by atoms with van der Waals surface area (Å²) < 4.78 is 4.23. The van der Waals surface area contributed by atoms with Crippen LogP contribution in [0.5, 0.6) is 0 Å². The molecule has 0 aliphatic rings. The summed E-state index contributed by atoms with van der Waals surface area (Å²) in [4.78, 5) is 0. The van der Waals surface area contributed by atoms with Crippen molar-refractivity contribution in [3.8, 4) is 0 Å². The number of hydrogen-bond acceptors (Lipinski definition) is 0. The minimum Gasteiger partial charge on any atom is -0.107 e. The number of benzene rings is 1. The first kappa shape index (κ1) is 15.1. The lowest BCUT2D eigenvalue weighted by Crippen LogP contribution is -1.98. The van der Waals surface area contributed by atoms with Gasteiger partial charge in [-0.3, -0.25) is 0 Å². The first-order chi connectivity index (χ1) is 5.46. The molecule has 0 spiro atoms. The van der Waals surface area contributed by atoms with Gasteiger partial charge in [0.05, 0.1) is 0 Å². The lowest BCUT2D eigenvalue weighted by Gasteiger charge is -2.11. The third kappa shape index (κ3) is 3.05. The summed E-state index contributed by atoms with van der Waals surface area (Å²) in [5.41, 5.74) is 4.27. The van der Waals surface area contributed by atoms with E-state index in [-0.39, 0.29) is 24.0 Å². The average molecular weight is 626 g/mol. The fourth-order valence-corrected chi connectivity index (χ4v) is 4.30. The van der Waals surface area contributed by atoms with Crippen molar-refractivity contribution in [3.63, 3.8) is 0 Å². The minimum absolute atomic E-state index is 0. The van der Waals surface area contributed by atoms with Crippen LogP contribution in [0.3, 0.4) is 0 Å². The van der Waals surface area contributed by atoms with Crippen LogP contribution in [0, 0.1) is 31.5 Å². The molecule has 0 radical (unpaired) electrons.